The molecule has 0 amide bonds. The van der Waals surface area contributed by atoms with Crippen LogP contribution in [0.5, 0.6) is 0 Å². The predicted octanol–water partition coefficient (Wildman–Crippen LogP) is 3.96. The molecule has 1 fully saturated rings. The summed E-state index contributed by atoms with van der Waals surface area (Å²) in [7, 11) is 0. The lowest BCUT2D eigenvalue weighted by Crippen LogP contribution is -2.32. The smallest absolute Gasteiger partial charge is 0.0419 e. The van der Waals surface area contributed by atoms with Gasteiger partial charge in [0, 0.05) is 24.4 Å². The number of nitrogens with zero attached hydrogens (tertiary/aromatic N) is 1. The first-order valence-electron chi connectivity index (χ1n) is 8.01. The molecule has 1 atom stereocenters. The Morgan fingerprint density at radius 1 is 1.32 bits per heavy atom. The number of pyridine rings is 1. The van der Waals surface area contributed by atoms with Crippen LogP contribution in [0.25, 0.3) is 0 Å². The van der Waals surface area contributed by atoms with Gasteiger partial charge in [0.1, 0.15) is 0 Å². The number of hydrogen-bond donors (Lipinski definition) is 1. The highest BCUT2D eigenvalue weighted by atomic mass is 14.9. The van der Waals surface area contributed by atoms with Crippen LogP contribution < -0.4 is 5.32 Å². The van der Waals surface area contributed by atoms with Crippen molar-refractivity contribution in [2.45, 2.75) is 64.3 Å². The largest absolute Gasteiger partial charge is 0.314 e. The van der Waals surface area contributed by atoms with Crippen molar-refractivity contribution < 1.29 is 0 Å². The lowest BCUT2D eigenvalue weighted by molar-refractivity contribution is 0.400. The molecule has 1 unspecified atom stereocenters. The van der Waals surface area contributed by atoms with Crippen molar-refractivity contribution in [1.29, 1.82) is 0 Å². The molecule has 2 nitrogen and oxygen atoms in total. The van der Waals surface area contributed by atoms with E-state index in [1.807, 2.05) is 12.3 Å². The quantitative estimate of drug-likeness (QED) is 0.765. The van der Waals surface area contributed by atoms with E-state index in [0.29, 0.717) is 6.04 Å². The minimum absolute atomic E-state index is 0.607. The van der Waals surface area contributed by atoms with Gasteiger partial charge in [0.05, 0.1) is 0 Å². The van der Waals surface area contributed by atoms with Crippen LogP contribution in [-0.4, -0.2) is 17.6 Å². The fourth-order valence-corrected chi connectivity index (χ4v) is 3.13. The third kappa shape index (κ3) is 5.32. The topological polar surface area (TPSA) is 24.9 Å². The first-order valence-corrected chi connectivity index (χ1v) is 8.01. The summed E-state index contributed by atoms with van der Waals surface area (Å²) < 4.78 is 0. The molecule has 1 aliphatic carbocycles. The zero-order valence-electron chi connectivity index (χ0n) is 12.3. The van der Waals surface area contributed by atoms with Crippen molar-refractivity contribution in [3.05, 3.63) is 30.1 Å². The Kier molecular flexibility index (Phi) is 6.35. The van der Waals surface area contributed by atoms with Crippen LogP contribution in [0, 0.1) is 5.92 Å². The van der Waals surface area contributed by atoms with Gasteiger partial charge in [0.15, 0.2) is 0 Å². The minimum Gasteiger partial charge on any atom is -0.314 e. The summed E-state index contributed by atoms with van der Waals surface area (Å²) in [6, 6.07) is 6.85. The van der Waals surface area contributed by atoms with E-state index in [0.717, 1.165) is 18.9 Å². The van der Waals surface area contributed by atoms with E-state index in [2.05, 4.69) is 29.4 Å². The molecular formula is C17H28N2. The molecule has 106 valence electrons. The second-order valence-corrected chi connectivity index (χ2v) is 5.90. The highest BCUT2D eigenvalue weighted by molar-refractivity contribution is 5.05. The van der Waals surface area contributed by atoms with Crippen molar-refractivity contribution in [2.75, 3.05) is 6.54 Å². The van der Waals surface area contributed by atoms with Crippen LogP contribution in [-0.2, 0) is 6.42 Å². The van der Waals surface area contributed by atoms with Crippen LogP contribution in [0.1, 0.15) is 57.6 Å². The second-order valence-electron chi connectivity index (χ2n) is 5.90. The lowest BCUT2D eigenvalue weighted by Gasteiger charge is -2.20. The summed E-state index contributed by atoms with van der Waals surface area (Å²) in [5, 5.41) is 3.70. The van der Waals surface area contributed by atoms with Crippen molar-refractivity contribution in [1.82, 2.24) is 10.3 Å². The van der Waals surface area contributed by atoms with Gasteiger partial charge in [-0.2, -0.15) is 0 Å². The first-order chi connectivity index (χ1) is 9.38. The van der Waals surface area contributed by atoms with Crippen LogP contribution in [0.4, 0.5) is 0 Å². The number of aromatic nitrogens is 1. The van der Waals surface area contributed by atoms with Crippen LogP contribution in [0.3, 0.4) is 0 Å². The highest BCUT2D eigenvalue weighted by Gasteiger charge is 2.17. The molecule has 1 heterocycles. The molecule has 2 rings (SSSR count). The van der Waals surface area contributed by atoms with Gasteiger partial charge in [0.25, 0.3) is 0 Å². The first kappa shape index (κ1) is 14.5. The Balaban J connectivity index is 1.80. The number of nitrogens with one attached hydrogen (secondary N) is 1. The van der Waals surface area contributed by atoms with Gasteiger partial charge in [0.2, 0.25) is 0 Å². The zero-order valence-corrected chi connectivity index (χ0v) is 12.3. The molecule has 1 aromatic rings. The summed E-state index contributed by atoms with van der Waals surface area (Å²) in [6.45, 7) is 3.37. The Hall–Kier alpha value is -0.890. The molecule has 0 radical (unpaired) electrons. The van der Waals surface area contributed by atoms with Gasteiger partial charge in [-0.3, -0.25) is 4.98 Å². The van der Waals surface area contributed by atoms with Gasteiger partial charge in [-0.25, -0.2) is 0 Å². The van der Waals surface area contributed by atoms with Crippen molar-refractivity contribution in [2.24, 2.45) is 5.92 Å². The Labute approximate surface area is 118 Å². The Morgan fingerprint density at radius 2 is 2.16 bits per heavy atom. The van der Waals surface area contributed by atoms with Crippen molar-refractivity contribution in [3.8, 4) is 0 Å². The van der Waals surface area contributed by atoms with Crippen LogP contribution in [0.2, 0.25) is 0 Å². The predicted molar refractivity (Wildman–Crippen MR) is 81.2 cm³/mol. The molecule has 1 saturated carbocycles. The average Bonchev–Trinajstić information content (AvgIpc) is 2.96. The van der Waals surface area contributed by atoms with E-state index in [1.54, 1.807) is 0 Å². The van der Waals surface area contributed by atoms with E-state index >= 15 is 0 Å². The molecule has 1 N–H and O–H groups in total. The zero-order chi connectivity index (χ0) is 13.3. The van der Waals surface area contributed by atoms with Crippen LogP contribution in [0.15, 0.2) is 24.4 Å². The van der Waals surface area contributed by atoms with E-state index in [1.165, 1.54) is 50.6 Å². The third-order valence-electron chi connectivity index (χ3n) is 4.26. The molecular weight excluding hydrogens is 232 g/mol. The molecule has 1 aromatic heterocycles. The maximum absolute atomic E-state index is 4.47. The normalized spacial score (nSPS) is 17.7. The van der Waals surface area contributed by atoms with Gasteiger partial charge in [-0.05, 0) is 43.9 Å². The molecule has 0 aliphatic heterocycles. The SMILES string of the molecule is CCCNC(CCC1CCCC1)Cc1ccccn1. The van der Waals surface area contributed by atoms with E-state index < -0.39 is 0 Å². The molecule has 0 saturated heterocycles. The highest BCUT2D eigenvalue weighted by Crippen LogP contribution is 2.29. The van der Waals surface area contributed by atoms with E-state index in [4.69, 9.17) is 0 Å². The maximum atomic E-state index is 4.47. The minimum atomic E-state index is 0.607. The molecule has 0 spiro atoms. The van der Waals surface area contributed by atoms with E-state index in [9.17, 15) is 0 Å². The molecule has 2 heteroatoms. The van der Waals surface area contributed by atoms with Gasteiger partial charge >= 0.3 is 0 Å². The van der Waals surface area contributed by atoms with Crippen molar-refractivity contribution >= 4 is 0 Å². The molecule has 19 heavy (non-hydrogen) atoms. The fourth-order valence-electron chi connectivity index (χ4n) is 3.13. The monoisotopic (exact) mass is 260 g/mol. The third-order valence-corrected chi connectivity index (χ3v) is 4.26. The van der Waals surface area contributed by atoms with Gasteiger partial charge in [-0.15, -0.1) is 0 Å². The summed E-state index contributed by atoms with van der Waals surface area (Å²) in [5.41, 5.74) is 1.22. The number of rotatable bonds is 8. The lowest BCUT2D eigenvalue weighted by atomic mass is 9.96. The summed E-state index contributed by atoms with van der Waals surface area (Å²) in [6.07, 6.45) is 12.7. The van der Waals surface area contributed by atoms with E-state index in [-0.39, 0.29) is 0 Å². The summed E-state index contributed by atoms with van der Waals surface area (Å²) >= 11 is 0. The molecule has 0 aromatic carbocycles. The standard InChI is InChI=1S/C17H28N2/c1-2-12-18-17(11-10-15-7-3-4-8-15)14-16-9-5-6-13-19-16/h5-6,9,13,15,17-18H,2-4,7-8,10-12,14H2,1H3. The Bertz CT molecular complexity index is 330. The molecule has 0 bridgehead atoms. The summed E-state index contributed by atoms with van der Waals surface area (Å²) in [4.78, 5) is 4.47. The Morgan fingerprint density at radius 3 is 2.84 bits per heavy atom. The average molecular weight is 260 g/mol. The van der Waals surface area contributed by atoms with Gasteiger partial charge in [-0.1, -0.05) is 38.7 Å². The fraction of sp³-hybridized carbons (Fsp3) is 0.706. The summed E-state index contributed by atoms with van der Waals surface area (Å²) in [5.74, 6) is 0.995. The van der Waals surface area contributed by atoms with Crippen molar-refractivity contribution in [3.63, 3.8) is 0 Å². The number of hydrogen-bond acceptors (Lipinski definition) is 2. The van der Waals surface area contributed by atoms with Gasteiger partial charge < -0.3 is 5.32 Å². The second kappa shape index (κ2) is 8.31. The van der Waals surface area contributed by atoms with Crippen LogP contribution >= 0.6 is 0 Å². The maximum Gasteiger partial charge on any atom is 0.0419 e. The molecule has 1 aliphatic rings.